The van der Waals surface area contributed by atoms with Crippen molar-refractivity contribution in [2.75, 3.05) is 0 Å². The molecule has 0 spiro atoms. The Morgan fingerprint density at radius 2 is 1.33 bits per heavy atom. The molecule has 0 aliphatic rings. The second kappa shape index (κ2) is 5.78. The SMILES string of the molecule is CC(C)N(C(C)C)S(=O)(=O)c1cc(Cl)cc(Cl)c1. The van der Waals surface area contributed by atoms with Crippen LogP contribution >= 0.6 is 23.2 Å². The summed E-state index contributed by atoms with van der Waals surface area (Å²) in [7, 11) is -3.58. The summed E-state index contributed by atoms with van der Waals surface area (Å²) in [5.74, 6) is 0. The number of halogens is 2. The molecule has 0 aromatic heterocycles. The van der Waals surface area contributed by atoms with Crippen LogP contribution in [0.1, 0.15) is 27.7 Å². The molecule has 0 amide bonds. The predicted molar refractivity (Wildman–Crippen MR) is 75.8 cm³/mol. The normalized spacial score (nSPS) is 12.7. The molecular weight excluding hydrogens is 293 g/mol. The first kappa shape index (κ1) is 15.8. The van der Waals surface area contributed by atoms with Crippen LogP contribution in [0.3, 0.4) is 0 Å². The van der Waals surface area contributed by atoms with Crippen LogP contribution < -0.4 is 0 Å². The van der Waals surface area contributed by atoms with Gasteiger partial charge in [0.2, 0.25) is 10.0 Å². The van der Waals surface area contributed by atoms with E-state index >= 15 is 0 Å². The molecule has 6 heteroatoms. The molecule has 0 aliphatic carbocycles. The van der Waals surface area contributed by atoms with Gasteiger partial charge in [0.1, 0.15) is 0 Å². The van der Waals surface area contributed by atoms with Gasteiger partial charge in [-0.05, 0) is 45.9 Å². The van der Waals surface area contributed by atoms with Crippen molar-refractivity contribution in [1.82, 2.24) is 4.31 Å². The first-order valence-electron chi connectivity index (χ1n) is 5.66. The molecule has 0 heterocycles. The molecule has 0 unspecified atom stereocenters. The molecule has 0 N–H and O–H groups in total. The molecule has 0 bridgehead atoms. The topological polar surface area (TPSA) is 37.4 Å². The van der Waals surface area contributed by atoms with E-state index in [9.17, 15) is 8.42 Å². The Kier molecular flexibility index (Phi) is 5.06. The Bertz CT molecular complexity index is 499. The van der Waals surface area contributed by atoms with Crippen molar-refractivity contribution in [3.63, 3.8) is 0 Å². The third-order valence-corrected chi connectivity index (χ3v) is 5.10. The van der Waals surface area contributed by atoms with E-state index in [0.29, 0.717) is 10.0 Å². The van der Waals surface area contributed by atoms with Gasteiger partial charge in [-0.2, -0.15) is 4.31 Å². The van der Waals surface area contributed by atoms with Crippen molar-refractivity contribution in [2.45, 2.75) is 44.7 Å². The molecule has 0 saturated heterocycles. The molecule has 18 heavy (non-hydrogen) atoms. The molecule has 102 valence electrons. The van der Waals surface area contributed by atoms with E-state index < -0.39 is 10.0 Å². The van der Waals surface area contributed by atoms with Gasteiger partial charge in [0.15, 0.2) is 0 Å². The number of rotatable bonds is 4. The molecule has 0 fully saturated rings. The lowest BCUT2D eigenvalue weighted by molar-refractivity contribution is 0.302. The lowest BCUT2D eigenvalue weighted by atomic mass is 10.3. The van der Waals surface area contributed by atoms with E-state index in [1.54, 1.807) is 0 Å². The Morgan fingerprint density at radius 3 is 1.67 bits per heavy atom. The first-order valence-corrected chi connectivity index (χ1v) is 7.85. The van der Waals surface area contributed by atoms with Gasteiger partial charge >= 0.3 is 0 Å². The van der Waals surface area contributed by atoms with Crippen LogP contribution in [0.2, 0.25) is 10.0 Å². The third-order valence-electron chi connectivity index (χ3n) is 2.43. The van der Waals surface area contributed by atoms with E-state index in [-0.39, 0.29) is 17.0 Å². The third kappa shape index (κ3) is 3.38. The van der Waals surface area contributed by atoms with Gasteiger partial charge in [-0.25, -0.2) is 8.42 Å². The number of hydrogen-bond acceptors (Lipinski definition) is 2. The van der Waals surface area contributed by atoms with E-state index in [2.05, 4.69) is 0 Å². The smallest absolute Gasteiger partial charge is 0.207 e. The molecule has 1 rings (SSSR count). The number of sulfonamides is 1. The van der Waals surface area contributed by atoms with E-state index in [1.165, 1.54) is 22.5 Å². The predicted octanol–water partition coefficient (Wildman–Crippen LogP) is 3.80. The Balaban J connectivity index is 3.35. The van der Waals surface area contributed by atoms with Gasteiger partial charge in [0.05, 0.1) is 4.90 Å². The molecule has 3 nitrogen and oxygen atoms in total. The number of hydrogen-bond donors (Lipinski definition) is 0. The Morgan fingerprint density at radius 1 is 0.944 bits per heavy atom. The van der Waals surface area contributed by atoms with Crippen LogP contribution in [0, 0.1) is 0 Å². The van der Waals surface area contributed by atoms with Crippen LogP contribution in [0.5, 0.6) is 0 Å². The highest BCUT2D eigenvalue weighted by Crippen LogP contribution is 2.26. The molecule has 0 aliphatic heterocycles. The first-order chi connectivity index (χ1) is 8.16. The van der Waals surface area contributed by atoms with Crippen molar-refractivity contribution in [1.29, 1.82) is 0 Å². The number of nitrogens with zero attached hydrogens (tertiary/aromatic N) is 1. The minimum Gasteiger partial charge on any atom is -0.207 e. The summed E-state index contributed by atoms with van der Waals surface area (Å²) in [6, 6.07) is 4.08. The molecule has 1 aromatic carbocycles. The fraction of sp³-hybridized carbons (Fsp3) is 0.500. The average Bonchev–Trinajstić information content (AvgIpc) is 2.13. The maximum atomic E-state index is 12.5. The van der Waals surface area contributed by atoms with Crippen LogP contribution in [0.4, 0.5) is 0 Å². The van der Waals surface area contributed by atoms with Crippen LogP contribution in [-0.4, -0.2) is 24.8 Å². The standard InChI is InChI=1S/C12H17Cl2NO2S/c1-8(2)15(9(3)4)18(16,17)12-6-10(13)5-11(14)7-12/h5-9H,1-4H3. The summed E-state index contributed by atoms with van der Waals surface area (Å²) in [6.07, 6.45) is 0. The molecule has 0 atom stereocenters. The zero-order valence-electron chi connectivity index (χ0n) is 10.8. The fourth-order valence-electron chi connectivity index (χ4n) is 1.95. The maximum absolute atomic E-state index is 12.5. The quantitative estimate of drug-likeness (QED) is 0.848. The Labute approximate surface area is 119 Å². The molecule has 1 aromatic rings. The lowest BCUT2D eigenvalue weighted by Crippen LogP contribution is -2.41. The van der Waals surface area contributed by atoms with Crippen molar-refractivity contribution in [3.8, 4) is 0 Å². The van der Waals surface area contributed by atoms with Crippen molar-refractivity contribution >= 4 is 33.2 Å². The molecule has 0 radical (unpaired) electrons. The monoisotopic (exact) mass is 309 g/mol. The zero-order valence-corrected chi connectivity index (χ0v) is 13.1. The highest BCUT2D eigenvalue weighted by atomic mass is 35.5. The van der Waals surface area contributed by atoms with Crippen LogP contribution in [-0.2, 0) is 10.0 Å². The fourth-order valence-corrected chi connectivity index (χ4v) is 4.51. The van der Waals surface area contributed by atoms with Crippen molar-refractivity contribution in [2.24, 2.45) is 0 Å². The van der Waals surface area contributed by atoms with E-state index in [4.69, 9.17) is 23.2 Å². The van der Waals surface area contributed by atoms with Gasteiger partial charge < -0.3 is 0 Å². The minimum absolute atomic E-state index is 0.127. The summed E-state index contributed by atoms with van der Waals surface area (Å²) in [5, 5.41) is 0.627. The molecular formula is C12H17Cl2NO2S. The highest BCUT2D eigenvalue weighted by Gasteiger charge is 2.29. The second-order valence-electron chi connectivity index (χ2n) is 4.63. The summed E-state index contributed by atoms with van der Waals surface area (Å²) in [6.45, 7) is 7.35. The average molecular weight is 310 g/mol. The minimum atomic E-state index is -3.58. The van der Waals surface area contributed by atoms with Crippen molar-refractivity contribution < 1.29 is 8.42 Å². The molecule has 0 saturated carbocycles. The van der Waals surface area contributed by atoms with E-state index in [0.717, 1.165) is 0 Å². The highest BCUT2D eigenvalue weighted by molar-refractivity contribution is 7.89. The second-order valence-corrected chi connectivity index (χ2v) is 7.34. The lowest BCUT2D eigenvalue weighted by Gasteiger charge is -2.29. The summed E-state index contributed by atoms with van der Waals surface area (Å²) < 4.78 is 26.5. The van der Waals surface area contributed by atoms with Gasteiger partial charge in [-0.15, -0.1) is 0 Å². The Hall–Kier alpha value is -0.290. The van der Waals surface area contributed by atoms with Gasteiger partial charge in [-0.1, -0.05) is 23.2 Å². The van der Waals surface area contributed by atoms with Crippen LogP contribution in [0.15, 0.2) is 23.1 Å². The summed E-state index contributed by atoms with van der Waals surface area (Å²) in [4.78, 5) is 0.127. The number of benzene rings is 1. The summed E-state index contributed by atoms with van der Waals surface area (Å²) >= 11 is 11.7. The van der Waals surface area contributed by atoms with Gasteiger partial charge in [0, 0.05) is 22.1 Å². The van der Waals surface area contributed by atoms with Gasteiger partial charge in [-0.3, -0.25) is 0 Å². The summed E-state index contributed by atoms with van der Waals surface area (Å²) in [5.41, 5.74) is 0. The maximum Gasteiger partial charge on any atom is 0.243 e. The van der Waals surface area contributed by atoms with Crippen molar-refractivity contribution in [3.05, 3.63) is 28.2 Å². The zero-order chi connectivity index (χ0) is 14.1. The largest absolute Gasteiger partial charge is 0.243 e. The van der Waals surface area contributed by atoms with Crippen LogP contribution in [0.25, 0.3) is 0 Å². The van der Waals surface area contributed by atoms with E-state index in [1.807, 2.05) is 27.7 Å². The van der Waals surface area contributed by atoms with Gasteiger partial charge in [0.25, 0.3) is 0 Å².